The quantitative estimate of drug-likeness (QED) is 0.602. The molecule has 3 fully saturated rings. The van der Waals surface area contributed by atoms with Crippen LogP contribution in [0.15, 0.2) is 30.3 Å². The molecule has 0 atom stereocenters. The van der Waals surface area contributed by atoms with E-state index in [9.17, 15) is 18.4 Å². The van der Waals surface area contributed by atoms with Crippen molar-refractivity contribution in [2.75, 3.05) is 13.2 Å². The first-order valence-corrected chi connectivity index (χ1v) is 10.0. The van der Waals surface area contributed by atoms with Crippen molar-refractivity contribution < 1.29 is 27.8 Å². The Kier molecular flexibility index (Phi) is 5.47. The zero-order valence-corrected chi connectivity index (χ0v) is 17.4. The van der Waals surface area contributed by atoms with E-state index in [0.717, 1.165) is 6.07 Å². The molecule has 5 rings (SSSR count). The van der Waals surface area contributed by atoms with Gasteiger partial charge in [0.05, 0.1) is 10.7 Å². The molecule has 1 aromatic carbocycles. The van der Waals surface area contributed by atoms with Crippen molar-refractivity contribution in [3.05, 3.63) is 52.8 Å². The number of aryl methyl sites for hydroxylation is 1. The highest BCUT2D eigenvalue weighted by Crippen LogP contribution is 2.60. The molecule has 2 bridgehead atoms. The second kappa shape index (κ2) is 7.96. The Morgan fingerprint density at radius 3 is 2.23 bits per heavy atom. The lowest BCUT2D eigenvalue weighted by Gasteiger charge is -2.70. The number of halogens is 3. The molecule has 31 heavy (non-hydrogen) atoms. The van der Waals surface area contributed by atoms with Crippen molar-refractivity contribution in [3.8, 4) is 11.5 Å². The summed E-state index contributed by atoms with van der Waals surface area (Å²) in [6.45, 7) is 1.14. The first-order chi connectivity index (χ1) is 14.7. The summed E-state index contributed by atoms with van der Waals surface area (Å²) in [5.74, 6) is -1.29. The molecule has 0 saturated heterocycles. The van der Waals surface area contributed by atoms with Crippen molar-refractivity contribution in [1.29, 1.82) is 0 Å². The summed E-state index contributed by atoms with van der Waals surface area (Å²) < 4.78 is 37.1. The number of carbonyl (C=O) groups is 2. The van der Waals surface area contributed by atoms with Crippen LogP contribution in [-0.2, 0) is 9.59 Å². The molecule has 0 aliphatic heterocycles. The molecule has 0 radical (unpaired) electrons. The molecule has 3 aliphatic rings. The molecule has 2 aromatic rings. The molecule has 3 aliphatic carbocycles. The monoisotopic (exact) mass is 451 g/mol. The van der Waals surface area contributed by atoms with Gasteiger partial charge in [-0.25, -0.2) is 9.37 Å². The Morgan fingerprint density at radius 1 is 1.03 bits per heavy atom. The number of pyridine rings is 1. The summed E-state index contributed by atoms with van der Waals surface area (Å²) in [6.07, 6.45) is 1.85. The van der Waals surface area contributed by atoms with Crippen molar-refractivity contribution >= 4 is 23.4 Å². The fraction of sp³-hybridized carbons (Fsp3) is 0.381. The average Bonchev–Trinajstić information content (AvgIpc) is 2.65. The Bertz CT molecular complexity index is 1030. The van der Waals surface area contributed by atoms with Crippen molar-refractivity contribution in [2.24, 2.45) is 0 Å². The fourth-order valence-corrected chi connectivity index (χ4v) is 4.36. The minimum absolute atomic E-state index is 0.0205. The number of amides is 2. The predicted molar refractivity (Wildman–Crippen MR) is 107 cm³/mol. The van der Waals surface area contributed by atoms with E-state index in [1.54, 1.807) is 6.92 Å². The van der Waals surface area contributed by atoms with E-state index in [-0.39, 0.29) is 46.9 Å². The second-order valence-corrected chi connectivity index (χ2v) is 8.47. The third-order valence-electron chi connectivity index (χ3n) is 5.46. The zero-order valence-electron chi connectivity index (χ0n) is 16.6. The average molecular weight is 452 g/mol. The highest BCUT2D eigenvalue weighted by Gasteiger charge is 2.69. The first kappa shape index (κ1) is 21.3. The molecule has 1 heterocycles. The lowest BCUT2D eigenvalue weighted by Crippen LogP contribution is -2.84. The van der Waals surface area contributed by atoms with E-state index in [0.29, 0.717) is 30.7 Å². The van der Waals surface area contributed by atoms with Gasteiger partial charge in [-0.1, -0.05) is 11.6 Å². The molecule has 1 aromatic heterocycles. The van der Waals surface area contributed by atoms with Crippen molar-refractivity contribution in [3.63, 3.8) is 0 Å². The summed E-state index contributed by atoms with van der Waals surface area (Å²) in [4.78, 5) is 28.0. The third kappa shape index (κ3) is 4.56. The van der Waals surface area contributed by atoms with Crippen LogP contribution in [0.5, 0.6) is 11.5 Å². The summed E-state index contributed by atoms with van der Waals surface area (Å²) in [6, 6.07) is 6.55. The molecular formula is C21H20ClF2N3O4. The van der Waals surface area contributed by atoms with Crippen LogP contribution < -0.4 is 20.1 Å². The maximum Gasteiger partial charge on any atom is 0.258 e. The predicted octanol–water partition coefficient (Wildman–Crippen LogP) is 2.69. The topological polar surface area (TPSA) is 89.5 Å². The second-order valence-electron chi connectivity index (χ2n) is 8.06. The van der Waals surface area contributed by atoms with Gasteiger partial charge in [-0.15, -0.1) is 0 Å². The minimum Gasteiger partial charge on any atom is -0.484 e. The van der Waals surface area contributed by atoms with Crippen LogP contribution in [-0.4, -0.2) is 41.1 Å². The standard InChI is InChI=1S/C21H20ClF2N3O4/c1-12-16(4-5-17(24)25-12)31-8-19(29)27-21-9-20(10-21,11-21)26-18(28)7-30-13-2-3-14(22)15(23)6-13/h2-6H,7-11H2,1H3,(H,26,28)(H,27,29). The van der Waals surface area contributed by atoms with Gasteiger partial charge in [0.25, 0.3) is 11.8 Å². The fourth-order valence-electron chi connectivity index (χ4n) is 4.25. The van der Waals surface area contributed by atoms with E-state index in [2.05, 4.69) is 15.6 Å². The molecule has 164 valence electrons. The van der Waals surface area contributed by atoms with Crippen LogP contribution in [0.2, 0.25) is 5.02 Å². The van der Waals surface area contributed by atoms with E-state index in [1.165, 1.54) is 24.3 Å². The van der Waals surface area contributed by atoms with E-state index < -0.39 is 11.8 Å². The van der Waals surface area contributed by atoms with E-state index >= 15 is 0 Å². The number of hydrogen-bond acceptors (Lipinski definition) is 5. The number of ether oxygens (including phenoxy) is 2. The molecule has 0 unspecified atom stereocenters. The lowest BCUT2D eigenvalue weighted by molar-refractivity contribution is -0.151. The van der Waals surface area contributed by atoms with Crippen molar-refractivity contribution in [2.45, 2.75) is 37.3 Å². The maximum atomic E-state index is 13.4. The van der Waals surface area contributed by atoms with Crippen LogP contribution in [0.1, 0.15) is 25.0 Å². The highest BCUT2D eigenvalue weighted by molar-refractivity contribution is 6.30. The number of nitrogens with one attached hydrogen (secondary N) is 2. The van der Waals surface area contributed by atoms with Gasteiger partial charge in [0.2, 0.25) is 5.95 Å². The summed E-state index contributed by atoms with van der Waals surface area (Å²) >= 11 is 5.61. The van der Waals surface area contributed by atoms with Gasteiger partial charge in [-0.3, -0.25) is 9.59 Å². The SMILES string of the molecule is Cc1nc(F)ccc1OCC(=O)NC12CC(NC(=O)COc3ccc(Cl)c(F)c3)(C1)C2. The van der Waals surface area contributed by atoms with Gasteiger partial charge >= 0.3 is 0 Å². The summed E-state index contributed by atoms with van der Waals surface area (Å²) in [7, 11) is 0. The smallest absolute Gasteiger partial charge is 0.258 e. The third-order valence-corrected chi connectivity index (χ3v) is 5.77. The van der Waals surface area contributed by atoms with Crippen LogP contribution in [0.4, 0.5) is 8.78 Å². The largest absolute Gasteiger partial charge is 0.484 e. The molecular weight excluding hydrogens is 432 g/mol. The first-order valence-electron chi connectivity index (χ1n) is 9.64. The van der Waals surface area contributed by atoms with E-state index in [4.69, 9.17) is 21.1 Å². The Morgan fingerprint density at radius 2 is 1.65 bits per heavy atom. The zero-order chi connectivity index (χ0) is 22.2. The number of carbonyl (C=O) groups excluding carboxylic acids is 2. The number of benzene rings is 1. The Balaban J connectivity index is 1.18. The Labute approximate surface area is 182 Å². The maximum absolute atomic E-state index is 13.4. The molecule has 0 spiro atoms. The van der Waals surface area contributed by atoms with Gasteiger partial charge in [0.1, 0.15) is 17.3 Å². The molecule has 3 saturated carbocycles. The minimum atomic E-state index is -0.619. The van der Waals surface area contributed by atoms with Gasteiger partial charge in [0, 0.05) is 17.1 Å². The number of rotatable bonds is 8. The summed E-state index contributed by atoms with van der Waals surface area (Å²) in [5, 5.41) is 5.83. The number of nitrogens with zero attached hydrogens (tertiary/aromatic N) is 1. The van der Waals surface area contributed by atoms with Crippen LogP contribution >= 0.6 is 11.6 Å². The van der Waals surface area contributed by atoms with E-state index in [1.807, 2.05) is 0 Å². The van der Waals surface area contributed by atoms with Crippen LogP contribution in [0, 0.1) is 18.7 Å². The molecule has 2 N–H and O–H groups in total. The lowest BCUT2D eigenvalue weighted by atomic mass is 9.44. The van der Waals surface area contributed by atoms with Crippen LogP contribution in [0.25, 0.3) is 0 Å². The summed E-state index contributed by atoms with van der Waals surface area (Å²) in [5.41, 5.74) is -0.329. The van der Waals surface area contributed by atoms with Gasteiger partial charge in [0.15, 0.2) is 13.2 Å². The normalized spacial score (nSPS) is 23.2. The van der Waals surface area contributed by atoms with Crippen molar-refractivity contribution in [1.82, 2.24) is 15.6 Å². The van der Waals surface area contributed by atoms with Crippen LogP contribution in [0.3, 0.4) is 0 Å². The molecule has 2 amide bonds. The number of aromatic nitrogens is 1. The highest BCUT2D eigenvalue weighted by atomic mass is 35.5. The van der Waals surface area contributed by atoms with Gasteiger partial charge in [-0.05, 0) is 50.5 Å². The Hall–Kier alpha value is -2.94. The van der Waals surface area contributed by atoms with Gasteiger partial charge in [-0.2, -0.15) is 4.39 Å². The van der Waals surface area contributed by atoms with Gasteiger partial charge < -0.3 is 20.1 Å². The molecule has 10 heteroatoms. The molecule has 7 nitrogen and oxygen atoms in total. The number of hydrogen-bond donors (Lipinski definition) is 2.